The summed E-state index contributed by atoms with van der Waals surface area (Å²) in [6, 6.07) is 3.51. The second-order valence-electron chi connectivity index (χ2n) is 3.95. The van der Waals surface area contributed by atoms with Crippen molar-refractivity contribution in [3.05, 3.63) is 23.8 Å². The lowest BCUT2D eigenvalue weighted by Gasteiger charge is -2.12. The summed E-state index contributed by atoms with van der Waals surface area (Å²) >= 11 is 1.62. The molecule has 0 aliphatic rings. The van der Waals surface area contributed by atoms with E-state index >= 15 is 0 Å². The zero-order valence-electron chi connectivity index (χ0n) is 12.7. The molecular formula is C15H20O5S. The van der Waals surface area contributed by atoms with Crippen LogP contribution >= 0.6 is 11.8 Å². The Morgan fingerprint density at radius 3 is 2.24 bits per heavy atom. The predicted molar refractivity (Wildman–Crippen MR) is 84.5 cm³/mol. The molecule has 0 N–H and O–H groups in total. The minimum absolute atomic E-state index is 0.377. The molecule has 0 bridgehead atoms. The molecule has 0 radical (unpaired) electrons. The molecule has 0 atom stereocenters. The quantitative estimate of drug-likeness (QED) is 0.418. The standard InChI is InChI=1S/C15H20O5S/c1-17-12-9-11(10-13(18-2)15(12)19-3)5-6-14(16)20-7-8-21-4/h5-6,9-10H,7-8H2,1-4H3. The first-order valence-corrected chi connectivity index (χ1v) is 7.69. The molecule has 1 aromatic carbocycles. The van der Waals surface area contributed by atoms with Gasteiger partial charge in [-0.2, -0.15) is 11.8 Å². The van der Waals surface area contributed by atoms with E-state index in [1.807, 2.05) is 6.26 Å². The van der Waals surface area contributed by atoms with Crippen LogP contribution in [0, 0.1) is 0 Å². The van der Waals surface area contributed by atoms with E-state index in [0.717, 1.165) is 11.3 Å². The van der Waals surface area contributed by atoms with Crippen LogP contribution in [-0.2, 0) is 9.53 Å². The highest BCUT2D eigenvalue weighted by molar-refractivity contribution is 7.98. The summed E-state index contributed by atoms with van der Waals surface area (Å²) in [5.41, 5.74) is 0.756. The predicted octanol–water partition coefficient (Wildman–Crippen LogP) is 2.63. The van der Waals surface area contributed by atoms with Gasteiger partial charge in [0.1, 0.15) is 6.61 Å². The molecule has 0 saturated carbocycles. The van der Waals surface area contributed by atoms with Gasteiger partial charge in [-0.15, -0.1) is 0 Å². The first-order chi connectivity index (χ1) is 10.2. The first kappa shape index (κ1) is 17.2. The number of hydrogen-bond donors (Lipinski definition) is 0. The second kappa shape index (κ2) is 9.18. The van der Waals surface area contributed by atoms with Crippen molar-refractivity contribution in [1.29, 1.82) is 0 Å². The molecule has 0 spiro atoms. The maximum atomic E-state index is 11.5. The van der Waals surface area contributed by atoms with E-state index in [9.17, 15) is 4.79 Å². The second-order valence-corrected chi connectivity index (χ2v) is 4.94. The first-order valence-electron chi connectivity index (χ1n) is 6.30. The molecule has 0 aliphatic carbocycles. The van der Waals surface area contributed by atoms with Gasteiger partial charge in [-0.3, -0.25) is 0 Å². The van der Waals surface area contributed by atoms with Gasteiger partial charge in [0.25, 0.3) is 0 Å². The molecule has 5 nitrogen and oxygen atoms in total. The molecule has 0 heterocycles. The molecule has 0 unspecified atom stereocenters. The minimum Gasteiger partial charge on any atom is -0.493 e. The zero-order valence-corrected chi connectivity index (χ0v) is 13.5. The Bertz CT molecular complexity index is 474. The summed E-state index contributed by atoms with van der Waals surface area (Å²) in [5, 5.41) is 0. The van der Waals surface area contributed by atoms with Crippen LogP contribution < -0.4 is 14.2 Å². The Morgan fingerprint density at radius 2 is 1.76 bits per heavy atom. The number of carbonyl (C=O) groups excluding carboxylic acids is 1. The highest BCUT2D eigenvalue weighted by Gasteiger charge is 2.12. The molecule has 0 saturated heterocycles. The fourth-order valence-corrected chi connectivity index (χ4v) is 1.89. The molecule has 0 aliphatic heterocycles. The van der Waals surface area contributed by atoms with Crippen LogP contribution in [0.3, 0.4) is 0 Å². The Kier molecular flexibility index (Phi) is 7.53. The largest absolute Gasteiger partial charge is 0.493 e. The lowest BCUT2D eigenvalue weighted by Crippen LogP contribution is -2.03. The average Bonchev–Trinajstić information content (AvgIpc) is 2.51. The van der Waals surface area contributed by atoms with E-state index in [4.69, 9.17) is 18.9 Å². The molecule has 116 valence electrons. The number of rotatable bonds is 8. The third kappa shape index (κ3) is 5.23. The number of carbonyl (C=O) groups is 1. The summed E-state index contributed by atoms with van der Waals surface area (Å²) in [6.07, 6.45) is 4.98. The number of methoxy groups -OCH3 is 3. The average molecular weight is 312 g/mol. The van der Waals surface area contributed by atoms with Crippen LogP contribution in [0.15, 0.2) is 18.2 Å². The van der Waals surface area contributed by atoms with Gasteiger partial charge >= 0.3 is 5.97 Å². The SMILES string of the molecule is COc1cc(C=CC(=O)OCCSC)cc(OC)c1OC. The van der Waals surface area contributed by atoms with Crippen LogP contribution in [0.2, 0.25) is 0 Å². The fraction of sp³-hybridized carbons (Fsp3) is 0.400. The number of thioether (sulfide) groups is 1. The third-order valence-electron chi connectivity index (χ3n) is 2.63. The van der Waals surface area contributed by atoms with E-state index in [-0.39, 0.29) is 5.97 Å². The third-order valence-corrected chi connectivity index (χ3v) is 3.21. The highest BCUT2D eigenvalue weighted by atomic mass is 32.2. The van der Waals surface area contributed by atoms with Crippen LogP contribution in [0.4, 0.5) is 0 Å². The van der Waals surface area contributed by atoms with Crippen molar-refractivity contribution in [3.8, 4) is 17.2 Å². The summed E-state index contributed by atoms with van der Waals surface area (Å²) in [4.78, 5) is 11.5. The van der Waals surface area contributed by atoms with Crippen LogP contribution in [0.25, 0.3) is 6.08 Å². The van der Waals surface area contributed by atoms with Gasteiger partial charge in [0.05, 0.1) is 21.3 Å². The van der Waals surface area contributed by atoms with E-state index in [0.29, 0.717) is 23.9 Å². The number of benzene rings is 1. The van der Waals surface area contributed by atoms with Gasteiger partial charge in [0, 0.05) is 11.8 Å². The molecule has 0 aromatic heterocycles. The number of esters is 1. The maximum Gasteiger partial charge on any atom is 0.330 e. The van der Waals surface area contributed by atoms with Gasteiger partial charge < -0.3 is 18.9 Å². The van der Waals surface area contributed by atoms with Gasteiger partial charge in [-0.05, 0) is 30.0 Å². The van der Waals surface area contributed by atoms with E-state index in [1.165, 1.54) is 6.08 Å². The number of ether oxygens (including phenoxy) is 4. The molecule has 6 heteroatoms. The van der Waals surface area contributed by atoms with Crippen molar-refractivity contribution < 1.29 is 23.7 Å². The van der Waals surface area contributed by atoms with Crippen molar-refractivity contribution in [2.45, 2.75) is 0 Å². The van der Waals surface area contributed by atoms with Crippen molar-refractivity contribution in [1.82, 2.24) is 0 Å². The molecule has 1 rings (SSSR count). The Balaban J connectivity index is 2.86. The molecule has 0 amide bonds. The maximum absolute atomic E-state index is 11.5. The van der Waals surface area contributed by atoms with Gasteiger partial charge in [-0.25, -0.2) is 4.79 Å². The molecule has 1 aromatic rings. The molecule has 21 heavy (non-hydrogen) atoms. The molecule has 0 fully saturated rings. The highest BCUT2D eigenvalue weighted by Crippen LogP contribution is 2.38. The summed E-state index contributed by atoms with van der Waals surface area (Å²) in [6.45, 7) is 0.402. The lowest BCUT2D eigenvalue weighted by molar-refractivity contribution is -0.137. The van der Waals surface area contributed by atoms with E-state index in [2.05, 4.69) is 0 Å². The van der Waals surface area contributed by atoms with Crippen LogP contribution in [-0.4, -0.2) is 45.9 Å². The fourth-order valence-electron chi connectivity index (χ4n) is 1.64. The van der Waals surface area contributed by atoms with E-state index in [1.54, 1.807) is 51.3 Å². The molecular weight excluding hydrogens is 292 g/mol. The lowest BCUT2D eigenvalue weighted by atomic mass is 10.1. The van der Waals surface area contributed by atoms with Crippen molar-refractivity contribution in [2.24, 2.45) is 0 Å². The number of hydrogen-bond acceptors (Lipinski definition) is 6. The topological polar surface area (TPSA) is 54.0 Å². The van der Waals surface area contributed by atoms with Crippen molar-refractivity contribution >= 4 is 23.8 Å². The Morgan fingerprint density at radius 1 is 1.14 bits per heavy atom. The minimum atomic E-state index is -0.377. The van der Waals surface area contributed by atoms with Crippen molar-refractivity contribution in [3.63, 3.8) is 0 Å². The van der Waals surface area contributed by atoms with Gasteiger partial charge in [0.15, 0.2) is 11.5 Å². The van der Waals surface area contributed by atoms with Gasteiger partial charge in [0.2, 0.25) is 5.75 Å². The van der Waals surface area contributed by atoms with Gasteiger partial charge in [-0.1, -0.05) is 0 Å². The summed E-state index contributed by atoms with van der Waals surface area (Å²) in [5.74, 6) is 1.99. The van der Waals surface area contributed by atoms with Crippen LogP contribution in [0.5, 0.6) is 17.2 Å². The van der Waals surface area contributed by atoms with E-state index < -0.39 is 0 Å². The van der Waals surface area contributed by atoms with Crippen molar-refractivity contribution in [2.75, 3.05) is 39.9 Å². The van der Waals surface area contributed by atoms with Crippen LogP contribution in [0.1, 0.15) is 5.56 Å². The zero-order chi connectivity index (χ0) is 15.7. The monoisotopic (exact) mass is 312 g/mol. The Hall–Kier alpha value is -1.82. The smallest absolute Gasteiger partial charge is 0.330 e. The summed E-state index contributed by atoms with van der Waals surface area (Å²) in [7, 11) is 4.63. The normalized spacial score (nSPS) is 10.5. The Labute approximate surface area is 129 Å². The summed E-state index contributed by atoms with van der Waals surface area (Å²) < 4.78 is 20.8.